The molecule has 0 amide bonds. The summed E-state index contributed by atoms with van der Waals surface area (Å²) in [5.74, 6) is -0.109. The first kappa shape index (κ1) is 42.3. The van der Waals surface area contributed by atoms with Crippen LogP contribution in [0.5, 0.6) is 0 Å². The zero-order valence-electron chi connectivity index (χ0n) is 32.6. The van der Waals surface area contributed by atoms with E-state index in [2.05, 4.69) is 129 Å². The van der Waals surface area contributed by atoms with Crippen LogP contribution in [-0.4, -0.2) is 60.1 Å². The Morgan fingerprint density at radius 2 is 1.13 bits per heavy atom. The summed E-state index contributed by atoms with van der Waals surface area (Å²) in [5.41, 5.74) is 4.17. The average Bonchev–Trinajstić information content (AvgIpc) is 2.97. The molecule has 2 fully saturated rings. The van der Waals surface area contributed by atoms with Crippen molar-refractivity contribution in [3.05, 3.63) is 71.0 Å². The zero-order valence-corrected chi connectivity index (χ0v) is 32.6. The van der Waals surface area contributed by atoms with Crippen molar-refractivity contribution in [2.24, 2.45) is 0 Å². The predicted octanol–water partition coefficient (Wildman–Crippen LogP) is 10.9. The zero-order chi connectivity index (χ0) is 35.0. The number of hydrogen-bond donors (Lipinski definition) is 1. The second kappa shape index (κ2) is 19.9. The molecule has 3 nitrogen and oxygen atoms in total. The van der Waals surface area contributed by atoms with Gasteiger partial charge < -0.3 is 10.2 Å². The molecule has 0 spiro atoms. The molecular formula is C42H74FN3. The van der Waals surface area contributed by atoms with Crippen molar-refractivity contribution in [3.63, 3.8) is 0 Å². The lowest BCUT2D eigenvalue weighted by Crippen LogP contribution is -2.44. The van der Waals surface area contributed by atoms with Gasteiger partial charge in [-0.2, -0.15) is 0 Å². The van der Waals surface area contributed by atoms with Crippen molar-refractivity contribution in [2.75, 3.05) is 39.3 Å². The molecule has 2 aromatic rings. The van der Waals surface area contributed by atoms with Crippen LogP contribution < -0.4 is 5.32 Å². The summed E-state index contributed by atoms with van der Waals surface area (Å²) < 4.78 is 13.1. The molecular weight excluding hydrogens is 565 g/mol. The molecule has 4 heteroatoms. The fraction of sp³-hybridized carbons (Fsp3) is 0.714. The number of aryl methyl sites for hydroxylation is 1. The Labute approximate surface area is 286 Å². The van der Waals surface area contributed by atoms with E-state index in [0.29, 0.717) is 16.5 Å². The molecule has 2 saturated heterocycles. The van der Waals surface area contributed by atoms with Crippen LogP contribution in [0.3, 0.4) is 0 Å². The van der Waals surface area contributed by atoms with Gasteiger partial charge in [-0.25, -0.2) is 4.39 Å². The number of piperidine rings is 2. The van der Waals surface area contributed by atoms with Crippen LogP contribution in [0.1, 0.15) is 145 Å². The third-order valence-electron chi connectivity index (χ3n) is 8.74. The highest BCUT2D eigenvalue weighted by Gasteiger charge is 2.22. The second-order valence-corrected chi connectivity index (χ2v) is 17.5. The molecule has 0 saturated carbocycles. The van der Waals surface area contributed by atoms with Crippen LogP contribution >= 0.6 is 0 Å². The molecule has 46 heavy (non-hydrogen) atoms. The third-order valence-corrected chi connectivity index (χ3v) is 8.74. The molecule has 2 aliphatic rings. The Hall–Kier alpha value is -1.75. The minimum Gasteiger partial charge on any atom is -0.312 e. The van der Waals surface area contributed by atoms with E-state index < -0.39 is 0 Å². The number of rotatable bonds is 4. The Kier molecular flexibility index (Phi) is 18.3. The monoisotopic (exact) mass is 640 g/mol. The van der Waals surface area contributed by atoms with Crippen LogP contribution in [0.15, 0.2) is 48.5 Å². The lowest BCUT2D eigenvalue weighted by molar-refractivity contribution is 0.111. The van der Waals surface area contributed by atoms with Gasteiger partial charge in [0.2, 0.25) is 0 Å². The normalized spacial score (nSPS) is 16.7. The first-order valence-electron chi connectivity index (χ1n) is 18.2. The van der Waals surface area contributed by atoms with E-state index in [1.54, 1.807) is 13.0 Å². The summed E-state index contributed by atoms with van der Waals surface area (Å²) >= 11 is 0. The summed E-state index contributed by atoms with van der Waals surface area (Å²) in [6, 6.07) is 16.0. The van der Waals surface area contributed by atoms with Crippen LogP contribution in [0, 0.1) is 12.7 Å². The van der Waals surface area contributed by atoms with Gasteiger partial charge in [-0.1, -0.05) is 96.8 Å². The van der Waals surface area contributed by atoms with Crippen molar-refractivity contribution < 1.29 is 4.39 Å². The van der Waals surface area contributed by atoms with E-state index in [9.17, 15) is 4.39 Å². The molecule has 4 rings (SSSR count). The number of likely N-dealkylation sites (tertiary alicyclic amines) is 2. The van der Waals surface area contributed by atoms with Gasteiger partial charge in [-0.15, -0.1) is 0 Å². The molecule has 1 N–H and O–H groups in total. The van der Waals surface area contributed by atoms with Gasteiger partial charge in [-0.3, -0.25) is 4.90 Å². The standard InChI is InChI=1S/C12H26N2.C11H15F.C10H14.C9H19N/c1-12(2,3)13-8-7-11-14-9-5-4-6-10-14;1-8-5-6-9(7-10(8)12)11(2,3)4;1-10(2,3)9-7-5-4-6-8-9;1-9(2,3)10-7-5-4-6-8-10/h13H,4-11H2,1-3H3;5-7H,1-4H3;4-8H,1-3H3;4-8H2,1-3H3. The Balaban J connectivity index is 0.000000310. The summed E-state index contributed by atoms with van der Waals surface area (Å²) in [7, 11) is 0. The fourth-order valence-electron chi connectivity index (χ4n) is 5.51. The minimum atomic E-state index is -0.109. The van der Waals surface area contributed by atoms with Gasteiger partial charge >= 0.3 is 0 Å². The van der Waals surface area contributed by atoms with Crippen molar-refractivity contribution >= 4 is 0 Å². The van der Waals surface area contributed by atoms with E-state index in [4.69, 9.17) is 0 Å². The smallest absolute Gasteiger partial charge is 0.126 e. The van der Waals surface area contributed by atoms with Gasteiger partial charge in [0.25, 0.3) is 0 Å². The molecule has 2 heterocycles. The molecule has 0 aliphatic carbocycles. The van der Waals surface area contributed by atoms with Crippen molar-refractivity contribution in [1.82, 2.24) is 15.1 Å². The van der Waals surface area contributed by atoms with E-state index in [0.717, 1.165) is 12.1 Å². The molecule has 0 atom stereocenters. The van der Waals surface area contributed by atoms with Crippen molar-refractivity contribution in [2.45, 2.75) is 157 Å². The molecule has 0 radical (unpaired) electrons. The fourth-order valence-corrected chi connectivity index (χ4v) is 5.51. The second-order valence-electron chi connectivity index (χ2n) is 17.5. The molecule has 2 aromatic carbocycles. The highest BCUT2D eigenvalue weighted by Crippen LogP contribution is 2.24. The quantitative estimate of drug-likeness (QED) is 0.336. The van der Waals surface area contributed by atoms with E-state index in [1.165, 1.54) is 83.2 Å². The lowest BCUT2D eigenvalue weighted by Gasteiger charge is -2.38. The first-order valence-corrected chi connectivity index (χ1v) is 18.2. The molecule has 2 aliphatic heterocycles. The van der Waals surface area contributed by atoms with Gasteiger partial charge in [0.15, 0.2) is 0 Å². The number of benzene rings is 2. The van der Waals surface area contributed by atoms with Gasteiger partial charge in [0, 0.05) is 11.1 Å². The number of halogens is 1. The van der Waals surface area contributed by atoms with Crippen LogP contribution in [0.25, 0.3) is 0 Å². The highest BCUT2D eigenvalue weighted by molar-refractivity contribution is 5.28. The Morgan fingerprint density at radius 1 is 0.630 bits per heavy atom. The van der Waals surface area contributed by atoms with Gasteiger partial charge in [0.1, 0.15) is 5.82 Å². The van der Waals surface area contributed by atoms with E-state index >= 15 is 0 Å². The highest BCUT2D eigenvalue weighted by atomic mass is 19.1. The number of nitrogens with zero attached hydrogens (tertiary/aromatic N) is 2. The maximum absolute atomic E-state index is 13.1. The average molecular weight is 640 g/mol. The SMILES string of the molecule is CC(C)(C)N1CCCCC1.CC(C)(C)NCCCN1CCCCC1.CC(C)(C)c1ccccc1.Cc1ccc(C(C)(C)C)cc1F. The van der Waals surface area contributed by atoms with E-state index in [1.807, 2.05) is 12.1 Å². The maximum atomic E-state index is 13.1. The predicted molar refractivity (Wildman–Crippen MR) is 203 cm³/mol. The lowest BCUT2D eigenvalue weighted by atomic mass is 9.86. The van der Waals surface area contributed by atoms with Crippen LogP contribution in [-0.2, 0) is 10.8 Å². The Morgan fingerprint density at radius 3 is 1.52 bits per heavy atom. The topological polar surface area (TPSA) is 18.5 Å². The Bertz CT molecular complexity index is 1060. The summed E-state index contributed by atoms with van der Waals surface area (Å²) in [5, 5.41) is 3.53. The number of nitrogens with one attached hydrogen (secondary N) is 1. The first-order chi connectivity index (χ1) is 21.2. The minimum absolute atomic E-state index is 0.0362. The summed E-state index contributed by atoms with van der Waals surface area (Å²) in [6.07, 6.45) is 9.79. The molecule has 264 valence electrons. The van der Waals surface area contributed by atoms with Crippen LogP contribution in [0.2, 0.25) is 0 Å². The maximum Gasteiger partial charge on any atom is 0.126 e. The molecule has 0 aromatic heterocycles. The number of hydrogen-bond acceptors (Lipinski definition) is 3. The van der Waals surface area contributed by atoms with Gasteiger partial charge in [0.05, 0.1) is 0 Å². The van der Waals surface area contributed by atoms with Crippen molar-refractivity contribution in [1.29, 1.82) is 0 Å². The summed E-state index contributed by atoms with van der Waals surface area (Å²) in [4.78, 5) is 5.18. The van der Waals surface area contributed by atoms with E-state index in [-0.39, 0.29) is 16.8 Å². The molecule has 0 unspecified atom stereocenters. The van der Waals surface area contributed by atoms with Gasteiger partial charge in [-0.05, 0) is 153 Å². The largest absolute Gasteiger partial charge is 0.312 e. The van der Waals surface area contributed by atoms with Crippen LogP contribution in [0.4, 0.5) is 4.39 Å². The van der Waals surface area contributed by atoms with Crippen molar-refractivity contribution in [3.8, 4) is 0 Å². The summed E-state index contributed by atoms with van der Waals surface area (Å²) in [6.45, 7) is 36.0. The molecule has 0 bridgehead atoms. The third kappa shape index (κ3) is 19.2.